The van der Waals surface area contributed by atoms with E-state index in [1.165, 1.54) is 11.1 Å². The fourth-order valence-electron chi connectivity index (χ4n) is 2.00. The molecule has 4 heteroatoms. The maximum absolute atomic E-state index is 4.26. The van der Waals surface area contributed by atoms with E-state index in [2.05, 4.69) is 60.4 Å². The van der Waals surface area contributed by atoms with Crippen molar-refractivity contribution in [3.63, 3.8) is 0 Å². The molecule has 4 nitrogen and oxygen atoms in total. The van der Waals surface area contributed by atoms with Crippen LogP contribution in [0.25, 0.3) is 0 Å². The molecule has 1 aromatic carbocycles. The second kappa shape index (κ2) is 5.97. The van der Waals surface area contributed by atoms with Gasteiger partial charge < -0.3 is 5.32 Å². The number of nitrogens with one attached hydrogen (secondary N) is 1. The number of benzene rings is 1. The maximum Gasteiger partial charge on any atom is 0.164 e. The molecular weight excluding hydrogens is 236 g/mol. The Morgan fingerprint density at radius 3 is 2.26 bits per heavy atom. The molecule has 102 valence electrons. The van der Waals surface area contributed by atoms with Gasteiger partial charge in [-0.3, -0.25) is 4.68 Å². The average Bonchev–Trinajstić information content (AvgIpc) is 2.82. The summed E-state index contributed by atoms with van der Waals surface area (Å²) in [5, 5.41) is 7.70. The van der Waals surface area contributed by atoms with Gasteiger partial charge in [-0.05, 0) is 24.0 Å². The minimum absolute atomic E-state index is 0.296. The zero-order valence-corrected chi connectivity index (χ0v) is 12.1. The minimum Gasteiger partial charge on any atom is -0.303 e. The molecule has 0 aliphatic carbocycles. The lowest BCUT2D eigenvalue weighted by Gasteiger charge is -2.14. The van der Waals surface area contributed by atoms with Crippen LogP contribution in [0.4, 0.5) is 0 Å². The van der Waals surface area contributed by atoms with Gasteiger partial charge in [-0.2, -0.15) is 5.10 Å². The summed E-state index contributed by atoms with van der Waals surface area (Å²) in [5.41, 5.74) is 2.67. The summed E-state index contributed by atoms with van der Waals surface area (Å²) in [5.74, 6) is 1.41. The van der Waals surface area contributed by atoms with Gasteiger partial charge in [0, 0.05) is 13.1 Å². The number of nitrogens with zero attached hydrogens (tertiary/aromatic N) is 3. The van der Waals surface area contributed by atoms with Gasteiger partial charge in [0.15, 0.2) is 5.82 Å². The fraction of sp³-hybridized carbons (Fsp3) is 0.467. The van der Waals surface area contributed by atoms with Crippen LogP contribution < -0.4 is 5.32 Å². The standard InChI is InChI=1S/C15H22N4/c1-11(2)13-5-7-14(8-6-13)12(3)16-9-15-17-10-19(4)18-15/h5-8,10-12,16H,9H2,1-4H3. The third-order valence-corrected chi connectivity index (χ3v) is 3.32. The van der Waals surface area contributed by atoms with Crippen LogP contribution in [0, 0.1) is 0 Å². The first kappa shape index (κ1) is 13.7. The highest BCUT2D eigenvalue weighted by molar-refractivity contribution is 5.26. The quantitative estimate of drug-likeness (QED) is 0.896. The van der Waals surface area contributed by atoms with Crippen molar-refractivity contribution in [2.24, 2.45) is 7.05 Å². The van der Waals surface area contributed by atoms with Gasteiger partial charge in [0.2, 0.25) is 0 Å². The lowest BCUT2D eigenvalue weighted by molar-refractivity contribution is 0.556. The van der Waals surface area contributed by atoms with Crippen molar-refractivity contribution in [2.75, 3.05) is 0 Å². The molecule has 0 fully saturated rings. The molecule has 0 aliphatic rings. The van der Waals surface area contributed by atoms with Crippen LogP contribution in [0.2, 0.25) is 0 Å². The number of rotatable bonds is 5. The zero-order chi connectivity index (χ0) is 13.8. The van der Waals surface area contributed by atoms with Gasteiger partial charge in [-0.25, -0.2) is 4.98 Å². The topological polar surface area (TPSA) is 42.7 Å². The molecule has 1 N–H and O–H groups in total. The molecule has 0 aliphatic heterocycles. The molecule has 1 aromatic heterocycles. The van der Waals surface area contributed by atoms with Crippen LogP contribution in [0.15, 0.2) is 30.6 Å². The summed E-state index contributed by atoms with van der Waals surface area (Å²) in [6, 6.07) is 9.09. The van der Waals surface area contributed by atoms with Crippen LogP contribution in [0.3, 0.4) is 0 Å². The predicted molar refractivity (Wildman–Crippen MR) is 76.8 cm³/mol. The van der Waals surface area contributed by atoms with Crippen LogP contribution in [-0.4, -0.2) is 14.8 Å². The summed E-state index contributed by atoms with van der Waals surface area (Å²) in [6.07, 6.45) is 1.72. The van der Waals surface area contributed by atoms with Crippen LogP contribution in [0.1, 0.15) is 49.7 Å². The molecule has 2 aromatic rings. The summed E-state index contributed by atoms with van der Waals surface area (Å²) in [4.78, 5) is 4.21. The molecule has 0 saturated heterocycles. The van der Waals surface area contributed by atoms with Crippen molar-refractivity contribution in [2.45, 2.75) is 39.3 Å². The third-order valence-electron chi connectivity index (χ3n) is 3.32. The van der Waals surface area contributed by atoms with Gasteiger partial charge in [-0.1, -0.05) is 38.1 Å². The summed E-state index contributed by atoms with van der Waals surface area (Å²) < 4.78 is 1.72. The van der Waals surface area contributed by atoms with Gasteiger partial charge in [-0.15, -0.1) is 0 Å². The Balaban J connectivity index is 1.94. The van der Waals surface area contributed by atoms with Gasteiger partial charge in [0.25, 0.3) is 0 Å². The zero-order valence-electron chi connectivity index (χ0n) is 12.1. The highest BCUT2D eigenvalue weighted by Gasteiger charge is 2.07. The summed E-state index contributed by atoms with van der Waals surface area (Å²) in [6.45, 7) is 7.27. The predicted octanol–water partition coefficient (Wildman–Crippen LogP) is 2.79. The Morgan fingerprint density at radius 1 is 1.11 bits per heavy atom. The number of aryl methyl sites for hydroxylation is 1. The summed E-state index contributed by atoms with van der Waals surface area (Å²) >= 11 is 0. The van der Waals surface area contributed by atoms with Crippen LogP contribution in [0.5, 0.6) is 0 Å². The fourth-order valence-corrected chi connectivity index (χ4v) is 2.00. The van der Waals surface area contributed by atoms with E-state index in [1.807, 2.05) is 7.05 Å². The van der Waals surface area contributed by atoms with E-state index in [-0.39, 0.29) is 0 Å². The Labute approximate surface area is 114 Å². The molecule has 0 bridgehead atoms. The molecule has 0 saturated carbocycles. The lowest BCUT2D eigenvalue weighted by atomic mass is 10.00. The van der Waals surface area contributed by atoms with E-state index in [0.717, 1.165) is 5.82 Å². The number of hydrogen-bond donors (Lipinski definition) is 1. The van der Waals surface area contributed by atoms with Crippen molar-refractivity contribution in [1.29, 1.82) is 0 Å². The molecule has 1 atom stereocenters. The van der Waals surface area contributed by atoms with Crippen molar-refractivity contribution < 1.29 is 0 Å². The van der Waals surface area contributed by atoms with Crippen LogP contribution in [-0.2, 0) is 13.6 Å². The lowest BCUT2D eigenvalue weighted by Crippen LogP contribution is -2.19. The third kappa shape index (κ3) is 3.64. The average molecular weight is 258 g/mol. The van der Waals surface area contributed by atoms with Crippen molar-refractivity contribution in [3.05, 3.63) is 47.5 Å². The molecule has 2 rings (SSSR count). The molecule has 19 heavy (non-hydrogen) atoms. The first-order valence-corrected chi connectivity index (χ1v) is 6.74. The van der Waals surface area contributed by atoms with E-state index < -0.39 is 0 Å². The minimum atomic E-state index is 0.296. The first-order chi connectivity index (χ1) is 9.06. The number of aromatic nitrogens is 3. The smallest absolute Gasteiger partial charge is 0.164 e. The first-order valence-electron chi connectivity index (χ1n) is 6.74. The molecule has 0 spiro atoms. The molecule has 0 radical (unpaired) electrons. The molecular formula is C15H22N4. The van der Waals surface area contributed by atoms with Gasteiger partial charge in [0.05, 0.1) is 6.54 Å². The van der Waals surface area contributed by atoms with Crippen molar-refractivity contribution in [1.82, 2.24) is 20.1 Å². The van der Waals surface area contributed by atoms with Gasteiger partial charge >= 0.3 is 0 Å². The van der Waals surface area contributed by atoms with Crippen molar-refractivity contribution >= 4 is 0 Å². The van der Waals surface area contributed by atoms with E-state index >= 15 is 0 Å². The number of hydrogen-bond acceptors (Lipinski definition) is 3. The Hall–Kier alpha value is -1.68. The van der Waals surface area contributed by atoms with Crippen LogP contribution >= 0.6 is 0 Å². The normalized spacial score (nSPS) is 12.9. The summed E-state index contributed by atoms with van der Waals surface area (Å²) in [7, 11) is 1.88. The van der Waals surface area contributed by atoms with E-state index in [9.17, 15) is 0 Å². The SMILES string of the molecule is CC(C)c1ccc(C(C)NCc2ncn(C)n2)cc1. The Kier molecular flexibility index (Phi) is 4.32. The maximum atomic E-state index is 4.26. The second-order valence-corrected chi connectivity index (χ2v) is 5.26. The van der Waals surface area contributed by atoms with E-state index in [4.69, 9.17) is 0 Å². The highest BCUT2D eigenvalue weighted by atomic mass is 15.3. The Bertz CT molecular complexity index is 513. The van der Waals surface area contributed by atoms with E-state index in [1.54, 1.807) is 11.0 Å². The molecule has 1 unspecified atom stereocenters. The second-order valence-electron chi connectivity index (χ2n) is 5.26. The molecule has 0 amide bonds. The monoisotopic (exact) mass is 258 g/mol. The highest BCUT2D eigenvalue weighted by Crippen LogP contribution is 2.18. The molecule has 1 heterocycles. The largest absolute Gasteiger partial charge is 0.303 e. The Morgan fingerprint density at radius 2 is 1.74 bits per heavy atom. The van der Waals surface area contributed by atoms with E-state index in [0.29, 0.717) is 18.5 Å². The van der Waals surface area contributed by atoms with Gasteiger partial charge in [0.1, 0.15) is 6.33 Å². The van der Waals surface area contributed by atoms with Crippen molar-refractivity contribution in [3.8, 4) is 0 Å².